The van der Waals surface area contributed by atoms with Crippen molar-refractivity contribution < 1.29 is 9.59 Å². The minimum Gasteiger partial charge on any atom is -0.302 e. The molecule has 1 amide bonds. The van der Waals surface area contributed by atoms with Gasteiger partial charge in [-0.15, -0.1) is 0 Å². The molecule has 1 aromatic carbocycles. The van der Waals surface area contributed by atoms with Crippen molar-refractivity contribution in [2.75, 3.05) is 5.32 Å². The van der Waals surface area contributed by atoms with Crippen LogP contribution in [0.5, 0.6) is 0 Å². The van der Waals surface area contributed by atoms with Crippen LogP contribution in [0.25, 0.3) is 0 Å². The average molecular weight is 309 g/mol. The number of hydrogen-bond acceptors (Lipinski definition) is 4. The van der Waals surface area contributed by atoms with Crippen molar-refractivity contribution in [2.45, 2.75) is 6.54 Å². The molecule has 7 heteroatoms. The molecule has 0 aliphatic carbocycles. The fourth-order valence-electron chi connectivity index (χ4n) is 2.13. The summed E-state index contributed by atoms with van der Waals surface area (Å²) in [4.78, 5) is 23.9. The molecule has 0 spiro atoms. The van der Waals surface area contributed by atoms with Crippen molar-refractivity contribution in [3.05, 3.63) is 66.1 Å². The second-order valence-corrected chi connectivity index (χ2v) is 5.07. The normalized spacial score (nSPS) is 10.5. The largest absolute Gasteiger partial charge is 0.302 e. The molecule has 0 atom stereocenters. The van der Waals surface area contributed by atoms with Crippen LogP contribution in [0.1, 0.15) is 15.9 Å². The molecule has 2 heterocycles. The second kappa shape index (κ2) is 6.27. The number of ketones is 1. The van der Waals surface area contributed by atoms with E-state index in [1.54, 1.807) is 24.0 Å². The highest BCUT2D eigenvalue weighted by atomic mass is 16.2. The monoisotopic (exact) mass is 309 g/mol. The number of nitrogens with one attached hydrogen (secondary N) is 1. The second-order valence-electron chi connectivity index (χ2n) is 5.07. The van der Waals surface area contributed by atoms with Gasteiger partial charge in [-0.2, -0.15) is 10.2 Å². The molecular formula is C16H15N5O2. The van der Waals surface area contributed by atoms with Crippen LogP contribution < -0.4 is 5.32 Å². The third-order valence-electron chi connectivity index (χ3n) is 3.24. The third-order valence-corrected chi connectivity index (χ3v) is 3.24. The van der Waals surface area contributed by atoms with Crippen LogP contribution in [0.2, 0.25) is 0 Å². The number of benzene rings is 1. The van der Waals surface area contributed by atoms with E-state index >= 15 is 0 Å². The molecule has 0 unspecified atom stereocenters. The van der Waals surface area contributed by atoms with Gasteiger partial charge in [0.25, 0.3) is 11.7 Å². The van der Waals surface area contributed by atoms with Crippen molar-refractivity contribution in [2.24, 2.45) is 7.05 Å². The summed E-state index contributed by atoms with van der Waals surface area (Å²) in [5.74, 6) is -1.04. The van der Waals surface area contributed by atoms with Gasteiger partial charge in [0.15, 0.2) is 5.82 Å². The summed E-state index contributed by atoms with van der Waals surface area (Å²) in [5, 5.41) is 10.6. The number of nitrogens with zero attached hydrogens (tertiary/aromatic N) is 4. The van der Waals surface area contributed by atoms with Crippen molar-refractivity contribution >= 4 is 17.5 Å². The Labute approximate surface area is 132 Å². The highest BCUT2D eigenvalue weighted by Gasteiger charge is 2.18. The highest BCUT2D eigenvalue weighted by Crippen LogP contribution is 2.07. The van der Waals surface area contributed by atoms with Crippen LogP contribution in [0.4, 0.5) is 5.82 Å². The van der Waals surface area contributed by atoms with E-state index in [0.29, 0.717) is 12.4 Å². The Balaban J connectivity index is 1.64. The maximum Gasteiger partial charge on any atom is 0.298 e. The molecule has 0 radical (unpaired) electrons. The van der Waals surface area contributed by atoms with E-state index in [2.05, 4.69) is 15.5 Å². The Hall–Kier alpha value is -3.22. The first kappa shape index (κ1) is 14.7. The smallest absolute Gasteiger partial charge is 0.298 e. The predicted molar refractivity (Wildman–Crippen MR) is 83.9 cm³/mol. The SMILES string of the molecule is Cn1cc(C(=O)C(=O)Nc2ccn(Cc3ccccc3)n2)cn1. The molecule has 0 bridgehead atoms. The fraction of sp³-hybridized carbons (Fsp3) is 0.125. The molecule has 1 N–H and O–H groups in total. The maximum atomic E-state index is 12.0. The fourth-order valence-corrected chi connectivity index (χ4v) is 2.13. The number of hydrogen-bond donors (Lipinski definition) is 1. The van der Waals surface area contributed by atoms with Crippen molar-refractivity contribution in [3.63, 3.8) is 0 Å². The number of carbonyl (C=O) groups is 2. The summed E-state index contributed by atoms with van der Waals surface area (Å²) in [6.45, 7) is 0.591. The topological polar surface area (TPSA) is 81.8 Å². The van der Waals surface area contributed by atoms with Gasteiger partial charge in [0.1, 0.15) is 0 Å². The van der Waals surface area contributed by atoms with Crippen molar-refractivity contribution in [3.8, 4) is 0 Å². The van der Waals surface area contributed by atoms with Gasteiger partial charge >= 0.3 is 0 Å². The first-order valence-corrected chi connectivity index (χ1v) is 7.03. The first-order valence-electron chi connectivity index (χ1n) is 7.03. The molecule has 0 aliphatic rings. The van der Waals surface area contributed by atoms with Gasteiger partial charge < -0.3 is 5.32 Å². The van der Waals surface area contributed by atoms with Crippen molar-refractivity contribution in [1.29, 1.82) is 0 Å². The lowest BCUT2D eigenvalue weighted by Crippen LogP contribution is -2.23. The van der Waals surface area contributed by atoms with Crippen LogP contribution in [-0.2, 0) is 18.4 Å². The van der Waals surface area contributed by atoms with Gasteiger partial charge in [-0.05, 0) is 5.56 Å². The number of rotatable bonds is 5. The summed E-state index contributed by atoms with van der Waals surface area (Å²) in [7, 11) is 1.68. The Bertz CT molecular complexity index is 835. The molecule has 3 rings (SSSR count). The molecule has 23 heavy (non-hydrogen) atoms. The van der Waals surface area contributed by atoms with Crippen molar-refractivity contribution in [1.82, 2.24) is 19.6 Å². The lowest BCUT2D eigenvalue weighted by atomic mass is 10.2. The zero-order valence-electron chi connectivity index (χ0n) is 12.5. The number of amides is 1. The molecule has 0 saturated carbocycles. The summed E-state index contributed by atoms with van der Waals surface area (Å²) in [6, 6.07) is 11.5. The Morgan fingerprint density at radius 2 is 1.96 bits per heavy atom. The predicted octanol–water partition coefficient (Wildman–Crippen LogP) is 1.49. The number of carbonyl (C=O) groups excluding carboxylic acids is 2. The zero-order valence-corrected chi connectivity index (χ0v) is 12.5. The summed E-state index contributed by atoms with van der Waals surface area (Å²) < 4.78 is 3.16. The molecule has 2 aromatic heterocycles. The van der Waals surface area contributed by atoms with Gasteiger partial charge in [-0.3, -0.25) is 19.0 Å². The van der Waals surface area contributed by atoms with Gasteiger partial charge in [0.2, 0.25) is 0 Å². The zero-order chi connectivity index (χ0) is 16.2. The Morgan fingerprint density at radius 1 is 1.17 bits per heavy atom. The van der Waals surface area contributed by atoms with Crippen LogP contribution in [0.15, 0.2) is 55.0 Å². The minimum absolute atomic E-state index is 0.244. The highest BCUT2D eigenvalue weighted by molar-refractivity contribution is 6.46. The Kier molecular flexibility index (Phi) is 4.01. The van der Waals surface area contributed by atoms with E-state index in [-0.39, 0.29) is 5.56 Å². The van der Waals surface area contributed by atoms with E-state index in [4.69, 9.17) is 0 Å². The number of Topliss-reactive ketones (excluding diaryl/α,β-unsaturated/α-hetero) is 1. The summed E-state index contributed by atoms with van der Waals surface area (Å²) >= 11 is 0. The van der Waals surface area contributed by atoms with E-state index in [9.17, 15) is 9.59 Å². The van der Waals surface area contributed by atoms with Crippen LogP contribution in [0.3, 0.4) is 0 Å². The Morgan fingerprint density at radius 3 is 2.65 bits per heavy atom. The standard InChI is InChI=1S/C16H15N5O2/c1-20-11-13(9-17-20)15(22)16(23)18-14-7-8-21(19-14)10-12-5-3-2-4-6-12/h2-9,11H,10H2,1H3,(H,18,19,23). The minimum atomic E-state index is -0.733. The van der Waals surface area contributed by atoms with E-state index in [1.165, 1.54) is 17.1 Å². The summed E-state index contributed by atoms with van der Waals surface area (Å²) in [6.07, 6.45) is 4.60. The number of aromatic nitrogens is 4. The van der Waals surface area contributed by atoms with Gasteiger partial charge in [0, 0.05) is 25.5 Å². The lowest BCUT2D eigenvalue weighted by Gasteiger charge is -2.02. The molecule has 116 valence electrons. The van der Waals surface area contributed by atoms with Gasteiger partial charge in [-0.1, -0.05) is 30.3 Å². The van der Waals surface area contributed by atoms with E-state index in [0.717, 1.165) is 5.56 Å². The quantitative estimate of drug-likeness (QED) is 0.572. The molecular weight excluding hydrogens is 294 g/mol. The molecule has 0 saturated heterocycles. The lowest BCUT2D eigenvalue weighted by molar-refractivity contribution is -0.112. The van der Waals surface area contributed by atoms with Gasteiger partial charge in [0.05, 0.1) is 18.3 Å². The molecule has 0 fully saturated rings. The summed E-state index contributed by atoms with van der Waals surface area (Å²) in [5.41, 5.74) is 1.34. The molecule has 3 aromatic rings. The van der Waals surface area contributed by atoms with Crippen LogP contribution >= 0.6 is 0 Å². The third kappa shape index (κ3) is 3.52. The van der Waals surface area contributed by atoms with E-state index < -0.39 is 11.7 Å². The molecule has 0 aliphatic heterocycles. The van der Waals surface area contributed by atoms with Crippen LogP contribution in [0, 0.1) is 0 Å². The number of anilines is 1. The van der Waals surface area contributed by atoms with E-state index in [1.807, 2.05) is 30.3 Å². The maximum absolute atomic E-state index is 12.0. The number of aryl methyl sites for hydroxylation is 1. The average Bonchev–Trinajstić information content (AvgIpc) is 3.17. The first-order chi connectivity index (χ1) is 11.1. The molecule has 7 nitrogen and oxygen atoms in total. The van der Waals surface area contributed by atoms with Crippen LogP contribution in [-0.4, -0.2) is 31.3 Å². The van der Waals surface area contributed by atoms with Gasteiger partial charge in [-0.25, -0.2) is 0 Å².